The van der Waals surface area contributed by atoms with Gasteiger partial charge in [-0.15, -0.1) is 11.6 Å². The van der Waals surface area contributed by atoms with Gasteiger partial charge in [-0.1, -0.05) is 29.3 Å². The molecular formula is C9H9Cl3. The van der Waals surface area contributed by atoms with E-state index in [1.807, 2.05) is 12.1 Å². The van der Waals surface area contributed by atoms with E-state index in [1.165, 1.54) is 0 Å². The van der Waals surface area contributed by atoms with Crippen molar-refractivity contribution < 1.29 is 0 Å². The second-order valence-corrected chi connectivity index (χ2v) is 3.75. The number of alkyl halides is 1. The second kappa shape index (κ2) is 4.96. The molecule has 0 bridgehead atoms. The molecule has 0 N–H and O–H groups in total. The third-order valence-electron chi connectivity index (χ3n) is 1.59. The maximum Gasteiger partial charge on any atom is 0.0452 e. The van der Waals surface area contributed by atoms with E-state index in [-0.39, 0.29) is 0 Å². The van der Waals surface area contributed by atoms with E-state index in [9.17, 15) is 0 Å². The second-order valence-electron chi connectivity index (χ2n) is 2.53. The van der Waals surface area contributed by atoms with Gasteiger partial charge in [-0.25, -0.2) is 0 Å². The lowest BCUT2D eigenvalue weighted by atomic mass is 10.1. The summed E-state index contributed by atoms with van der Waals surface area (Å²) in [6.07, 6.45) is 1.86. The third kappa shape index (κ3) is 2.85. The van der Waals surface area contributed by atoms with Crippen molar-refractivity contribution in [3.05, 3.63) is 33.8 Å². The van der Waals surface area contributed by atoms with E-state index >= 15 is 0 Å². The monoisotopic (exact) mass is 222 g/mol. The molecule has 0 unspecified atom stereocenters. The van der Waals surface area contributed by atoms with Crippen molar-refractivity contribution in [3.8, 4) is 0 Å². The normalized spacial score (nSPS) is 10.2. The number of rotatable bonds is 3. The van der Waals surface area contributed by atoms with E-state index in [4.69, 9.17) is 34.8 Å². The molecular weight excluding hydrogens is 214 g/mol. The van der Waals surface area contributed by atoms with Gasteiger partial charge in [0.15, 0.2) is 0 Å². The fraction of sp³-hybridized carbons (Fsp3) is 0.333. The van der Waals surface area contributed by atoms with Crippen molar-refractivity contribution in [1.82, 2.24) is 0 Å². The third-order valence-corrected chi connectivity index (χ3v) is 2.45. The van der Waals surface area contributed by atoms with Gasteiger partial charge < -0.3 is 0 Å². The average Bonchev–Trinajstić information content (AvgIpc) is 2.03. The maximum atomic E-state index is 5.94. The van der Waals surface area contributed by atoms with Crippen molar-refractivity contribution in [3.63, 3.8) is 0 Å². The van der Waals surface area contributed by atoms with E-state index in [1.54, 1.807) is 6.07 Å². The molecule has 0 radical (unpaired) electrons. The molecule has 0 spiro atoms. The van der Waals surface area contributed by atoms with Crippen molar-refractivity contribution >= 4 is 34.8 Å². The van der Waals surface area contributed by atoms with Gasteiger partial charge in [0, 0.05) is 15.9 Å². The van der Waals surface area contributed by atoms with Crippen LogP contribution in [-0.4, -0.2) is 5.88 Å². The zero-order chi connectivity index (χ0) is 8.97. The van der Waals surface area contributed by atoms with Crippen LogP contribution in [-0.2, 0) is 6.42 Å². The predicted molar refractivity (Wildman–Crippen MR) is 55.5 cm³/mol. The smallest absolute Gasteiger partial charge is 0.0452 e. The molecule has 1 aromatic carbocycles. The Bertz CT molecular complexity index is 258. The summed E-state index contributed by atoms with van der Waals surface area (Å²) in [6, 6.07) is 5.54. The molecule has 1 aromatic rings. The molecule has 1 rings (SSSR count). The molecule has 0 atom stereocenters. The highest BCUT2D eigenvalue weighted by molar-refractivity contribution is 6.35. The van der Waals surface area contributed by atoms with Crippen LogP contribution in [0.25, 0.3) is 0 Å². The zero-order valence-electron chi connectivity index (χ0n) is 6.49. The number of hydrogen-bond acceptors (Lipinski definition) is 0. The number of benzene rings is 1. The van der Waals surface area contributed by atoms with Crippen LogP contribution in [0.2, 0.25) is 10.0 Å². The van der Waals surface area contributed by atoms with Crippen LogP contribution in [0.3, 0.4) is 0 Å². The topological polar surface area (TPSA) is 0 Å². The molecule has 0 nitrogen and oxygen atoms in total. The molecule has 0 aliphatic carbocycles. The number of hydrogen-bond donors (Lipinski definition) is 0. The standard InChI is InChI=1S/C9H9Cl3/c10-5-1-2-7-3-4-8(11)6-9(7)12/h3-4,6H,1-2,5H2. The molecule has 0 fully saturated rings. The van der Waals surface area contributed by atoms with Crippen LogP contribution in [0.15, 0.2) is 18.2 Å². The van der Waals surface area contributed by atoms with Gasteiger partial charge in [0.2, 0.25) is 0 Å². The highest BCUT2D eigenvalue weighted by Gasteiger charge is 1.99. The summed E-state index contributed by atoms with van der Waals surface area (Å²) >= 11 is 17.2. The Balaban J connectivity index is 2.72. The minimum Gasteiger partial charge on any atom is -0.127 e. The van der Waals surface area contributed by atoms with Crippen LogP contribution in [0.5, 0.6) is 0 Å². The molecule has 0 aliphatic heterocycles. The Morgan fingerprint density at radius 3 is 2.50 bits per heavy atom. The van der Waals surface area contributed by atoms with Gasteiger partial charge in [-0.2, -0.15) is 0 Å². The highest BCUT2D eigenvalue weighted by atomic mass is 35.5. The highest BCUT2D eigenvalue weighted by Crippen LogP contribution is 2.21. The zero-order valence-corrected chi connectivity index (χ0v) is 8.76. The van der Waals surface area contributed by atoms with Crippen LogP contribution in [0.1, 0.15) is 12.0 Å². The lowest BCUT2D eigenvalue weighted by Gasteiger charge is -2.02. The fourth-order valence-electron chi connectivity index (χ4n) is 0.982. The average molecular weight is 224 g/mol. The molecule has 0 saturated heterocycles. The molecule has 0 saturated carbocycles. The lowest BCUT2D eigenvalue weighted by Crippen LogP contribution is -1.87. The first-order valence-electron chi connectivity index (χ1n) is 3.74. The minimum absolute atomic E-state index is 0.666. The van der Waals surface area contributed by atoms with E-state index < -0.39 is 0 Å². The van der Waals surface area contributed by atoms with E-state index in [0.29, 0.717) is 10.9 Å². The lowest BCUT2D eigenvalue weighted by molar-refractivity contribution is 0.929. The largest absolute Gasteiger partial charge is 0.127 e. The first kappa shape index (κ1) is 10.2. The first-order valence-corrected chi connectivity index (χ1v) is 5.03. The SMILES string of the molecule is ClCCCc1ccc(Cl)cc1Cl. The summed E-state index contributed by atoms with van der Waals surface area (Å²) in [4.78, 5) is 0. The molecule has 0 amide bonds. The number of aryl methyl sites for hydroxylation is 1. The fourth-order valence-corrected chi connectivity index (χ4v) is 1.62. The van der Waals surface area contributed by atoms with Gasteiger partial charge in [-0.3, -0.25) is 0 Å². The Labute approximate surface area is 87.4 Å². The summed E-state index contributed by atoms with van der Waals surface area (Å²) < 4.78 is 0. The maximum absolute atomic E-state index is 5.94. The van der Waals surface area contributed by atoms with Crippen LogP contribution < -0.4 is 0 Å². The van der Waals surface area contributed by atoms with Gasteiger partial charge in [-0.05, 0) is 30.5 Å². The van der Waals surface area contributed by atoms with Gasteiger partial charge >= 0.3 is 0 Å². The van der Waals surface area contributed by atoms with Gasteiger partial charge in [0.1, 0.15) is 0 Å². The summed E-state index contributed by atoms with van der Waals surface area (Å²) in [5.41, 5.74) is 1.11. The van der Waals surface area contributed by atoms with Crippen molar-refractivity contribution in [2.24, 2.45) is 0 Å². The number of halogens is 3. The molecule has 0 aliphatic rings. The van der Waals surface area contributed by atoms with Crippen LogP contribution >= 0.6 is 34.8 Å². The summed E-state index contributed by atoms with van der Waals surface area (Å²) in [5, 5.41) is 1.40. The van der Waals surface area contributed by atoms with E-state index in [2.05, 4.69) is 0 Å². The molecule has 12 heavy (non-hydrogen) atoms. The Kier molecular flexibility index (Phi) is 4.20. The van der Waals surface area contributed by atoms with E-state index in [0.717, 1.165) is 23.4 Å². The molecule has 66 valence electrons. The van der Waals surface area contributed by atoms with Crippen molar-refractivity contribution in [2.45, 2.75) is 12.8 Å². The van der Waals surface area contributed by atoms with Gasteiger partial charge in [0.25, 0.3) is 0 Å². The Morgan fingerprint density at radius 2 is 1.92 bits per heavy atom. The van der Waals surface area contributed by atoms with Crippen LogP contribution in [0.4, 0.5) is 0 Å². The molecule has 0 aromatic heterocycles. The quantitative estimate of drug-likeness (QED) is 0.675. The molecule has 3 heteroatoms. The Morgan fingerprint density at radius 1 is 1.17 bits per heavy atom. The van der Waals surface area contributed by atoms with Crippen molar-refractivity contribution in [1.29, 1.82) is 0 Å². The summed E-state index contributed by atoms with van der Waals surface area (Å²) in [7, 11) is 0. The van der Waals surface area contributed by atoms with Crippen molar-refractivity contribution in [2.75, 3.05) is 5.88 Å². The van der Waals surface area contributed by atoms with Gasteiger partial charge in [0.05, 0.1) is 0 Å². The Hall–Kier alpha value is 0.0900. The predicted octanol–water partition coefficient (Wildman–Crippen LogP) is 4.16. The first-order chi connectivity index (χ1) is 5.74. The summed E-state index contributed by atoms with van der Waals surface area (Å²) in [5.74, 6) is 0.666. The summed E-state index contributed by atoms with van der Waals surface area (Å²) in [6.45, 7) is 0. The van der Waals surface area contributed by atoms with Crippen LogP contribution in [0, 0.1) is 0 Å². The minimum atomic E-state index is 0.666. The molecule has 0 heterocycles.